The Morgan fingerprint density at radius 1 is 1.19 bits per heavy atom. The van der Waals surface area contributed by atoms with Gasteiger partial charge in [0.2, 0.25) is 0 Å². The highest BCUT2D eigenvalue weighted by Gasteiger charge is 2.35. The van der Waals surface area contributed by atoms with Gasteiger partial charge in [0.15, 0.2) is 17.4 Å². The van der Waals surface area contributed by atoms with Crippen LogP contribution in [0.4, 0.5) is 0 Å². The molecule has 7 nitrogen and oxygen atoms in total. The predicted molar refractivity (Wildman–Crippen MR) is 118 cm³/mol. The first-order valence-electron chi connectivity index (χ1n) is 11.0. The summed E-state index contributed by atoms with van der Waals surface area (Å²) in [7, 11) is 0. The van der Waals surface area contributed by atoms with E-state index in [1.165, 1.54) is 11.9 Å². The zero-order valence-electron chi connectivity index (χ0n) is 17.6. The molecule has 6 rings (SSSR count). The van der Waals surface area contributed by atoms with Crippen LogP contribution in [-0.2, 0) is 19.3 Å². The quantitative estimate of drug-likeness (QED) is 0.436. The smallest absolute Gasteiger partial charge is 0.181 e. The highest BCUT2D eigenvalue weighted by atomic mass is 35.5. The molecule has 1 aliphatic heterocycles. The van der Waals surface area contributed by atoms with Gasteiger partial charge in [-0.05, 0) is 44.2 Å². The summed E-state index contributed by atoms with van der Waals surface area (Å²) in [5.74, 6) is 2.00. The lowest BCUT2D eigenvalue weighted by Gasteiger charge is -2.14. The van der Waals surface area contributed by atoms with Gasteiger partial charge in [-0.2, -0.15) is 0 Å². The third kappa shape index (κ3) is 3.11. The molecule has 8 heteroatoms. The molecule has 1 N–H and O–H groups in total. The number of rotatable bonds is 4. The average molecular weight is 452 g/mol. The van der Waals surface area contributed by atoms with Crippen LogP contribution < -0.4 is 4.74 Å². The van der Waals surface area contributed by atoms with Crippen molar-refractivity contribution in [3.63, 3.8) is 0 Å². The van der Waals surface area contributed by atoms with E-state index in [0.717, 1.165) is 48.3 Å². The molecular formula is C24H22ClN3O4. The third-order valence-corrected chi connectivity index (χ3v) is 6.60. The van der Waals surface area contributed by atoms with Gasteiger partial charge in [0.05, 0.1) is 5.69 Å². The molecule has 2 atom stereocenters. The number of fused-ring (bicyclic) bond motifs is 3. The summed E-state index contributed by atoms with van der Waals surface area (Å²) in [6.07, 6.45) is 5.95. The summed E-state index contributed by atoms with van der Waals surface area (Å²) in [5, 5.41) is 15.1. The zero-order valence-corrected chi connectivity index (χ0v) is 18.4. The maximum atomic E-state index is 10.2. The van der Waals surface area contributed by atoms with Crippen molar-refractivity contribution >= 4 is 22.7 Å². The minimum Gasteiger partial charge on any atom is -0.481 e. The van der Waals surface area contributed by atoms with E-state index >= 15 is 0 Å². The molecule has 0 radical (unpaired) electrons. The number of benzene rings is 1. The lowest BCUT2D eigenvalue weighted by atomic mass is 9.93. The number of furan rings is 1. The van der Waals surface area contributed by atoms with E-state index in [1.807, 2.05) is 19.1 Å². The summed E-state index contributed by atoms with van der Waals surface area (Å²) in [6.45, 7) is 1.89. The van der Waals surface area contributed by atoms with Gasteiger partial charge < -0.3 is 18.8 Å². The first-order chi connectivity index (χ1) is 15.6. The fourth-order valence-electron chi connectivity index (χ4n) is 4.74. The molecule has 4 aromatic rings. The number of aromatic nitrogens is 3. The van der Waals surface area contributed by atoms with Crippen molar-refractivity contribution < 1.29 is 18.8 Å². The Morgan fingerprint density at radius 2 is 2.06 bits per heavy atom. The first kappa shape index (κ1) is 19.8. The molecule has 0 amide bonds. The van der Waals surface area contributed by atoms with Crippen LogP contribution in [0.15, 0.2) is 33.5 Å². The normalized spacial score (nSPS) is 18.4. The van der Waals surface area contributed by atoms with Crippen molar-refractivity contribution in [1.29, 1.82) is 0 Å². The minimum absolute atomic E-state index is 0.247. The molecule has 32 heavy (non-hydrogen) atoms. The third-order valence-electron chi connectivity index (χ3n) is 6.38. The SMILES string of the molecule is CCC(O)c1cc2ncnc(-c3cc(Cl)cc4c3O[C@@H](c3onc5c3CCCC5)C4)c2o1. The van der Waals surface area contributed by atoms with Gasteiger partial charge in [-0.1, -0.05) is 23.7 Å². The van der Waals surface area contributed by atoms with Gasteiger partial charge in [-0.25, -0.2) is 9.97 Å². The average Bonchev–Trinajstić information content (AvgIpc) is 3.53. The van der Waals surface area contributed by atoms with E-state index in [0.29, 0.717) is 46.2 Å². The predicted octanol–water partition coefficient (Wildman–Crippen LogP) is 5.53. The molecule has 1 aliphatic carbocycles. The van der Waals surface area contributed by atoms with Crippen molar-refractivity contribution in [2.24, 2.45) is 0 Å². The van der Waals surface area contributed by atoms with Gasteiger partial charge in [-0.3, -0.25) is 0 Å². The number of hydrogen-bond acceptors (Lipinski definition) is 7. The summed E-state index contributed by atoms with van der Waals surface area (Å²) < 4.78 is 18.2. The van der Waals surface area contributed by atoms with Crippen LogP contribution in [0.2, 0.25) is 5.02 Å². The number of nitrogens with zero attached hydrogens (tertiary/aromatic N) is 3. The zero-order chi connectivity index (χ0) is 21.8. The number of hydrogen-bond donors (Lipinski definition) is 1. The van der Waals surface area contributed by atoms with Crippen LogP contribution in [0.1, 0.15) is 66.7 Å². The van der Waals surface area contributed by atoms with Crippen molar-refractivity contribution in [3.8, 4) is 17.0 Å². The molecule has 1 aromatic carbocycles. The lowest BCUT2D eigenvalue weighted by molar-refractivity contribution is 0.148. The molecule has 2 aliphatic rings. The lowest BCUT2D eigenvalue weighted by Crippen LogP contribution is -2.08. The van der Waals surface area contributed by atoms with E-state index in [9.17, 15) is 5.11 Å². The van der Waals surface area contributed by atoms with Crippen LogP contribution >= 0.6 is 11.6 Å². The Labute approximate surface area is 189 Å². The Bertz CT molecular complexity index is 1330. The topological polar surface area (TPSA) is 94.4 Å². The Balaban J connectivity index is 1.44. The highest BCUT2D eigenvalue weighted by molar-refractivity contribution is 6.31. The van der Waals surface area contributed by atoms with Crippen LogP contribution in [-0.4, -0.2) is 20.2 Å². The molecule has 164 valence electrons. The van der Waals surface area contributed by atoms with E-state index in [2.05, 4.69) is 15.1 Å². The summed E-state index contributed by atoms with van der Waals surface area (Å²) in [4.78, 5) is 8.80. The van der Waals surface area contributed by atoms with E-state index < -0.39 is 6.10 Å². The number of halogens is 1. The van der Waals surface area contributed by atoms with E-state index in [1.54, 1.807) is 6.07 Å². The largest absolute Gasteiger partial charge is 0.481 e. The van der Waals surface area contributed by atoms with Gasteiger partial charge in [0.1, 0.15) is 35.2 Å². The molecule has 0 saturated heterocycles. The van der Waals surface area contributed by atoms with Crippen LogP contribution in [0.3, 0.4) is 0 Å². The molecule has 3 aromatic heterocycles. The maximum Gasteiger partial charge on any atom is 0.181 e. The number of ether oxygens (including phenoxy) is 1. The van der Waals surface area contributed by atoms with Gasteiger partial charge in [0.25, 0.3) is 0 Å². The molecule has 0 bridgehead atoms. The van der Waals surface area contributed by atoms with E-state index in [-0.39, 0.29) is 6.10 Å². The van der Waals surface area contributed by atoms with Gasteiger partial charge in [0, 0.05) is 34.2 Å². The molecule has 0 fully saturated rings. The Kier molecular flexibility index (Phi) is 4.69. The molecule has 0 spiro atoms. The fraction of sp³-hybridized carbons (Fsp3) is 0.375. The van der Waals surface area contributed by atoms with Crippen LogP contribution in [0.25, 0.3) is 22.4 Å². The van der Waals surface area contributed by atoms with Crippen molar-refractivity contribution in [2.45, 2.75) is 57.7 Å². The van der Waals surface area contributed by atoms with Crippen LogP contribution in [0, 0.1) is 0 Å². The van der Waals surface area contributed by atoms with Crippen molar-refractivity contribution in [3.05, 3.63) is 57.9 Å². The number of aryl methyl sites for hydroxylation is 1. The highest BCUT2D eigenvalue weighted by Crippen LogP contribution is 2.47. The standard InChI is InChI=1S/C24H22ClN3O4/c1-2-18(29)19-10-17-24(30-19)21(27-11-26-17)15-9-13(25)7-12-8-20(31-22(12)15)23-14-5-3-4-6-16(14)28-32-23/h7,9-11,18,20,29H,2-6,8H2,1H3/t18?,20-/m1/s1. The molecule has 1 unspecified atom stereocenters. The summed E-state index contributed by atoms with van der Waals surface area (Å²) >= 11 is 6.49. The maximum absolute atomic E-state index is 10.2. The fourth-order valence-corrected chi connectivity index (χ4v) is 4.99. The van der Waals surface area contributed by atoms with Gasteiger partial charge >= 0.3 is 0 Å². The van der Waals surface area contributed by atoms with E-state index in [4.69, 9.17) is 25.3 Å². The van der Waals surface area contributed by atoms with Crippen LogP contribution in [0.5, 0.6) is 5.75 Å². The van der Waals surface area contributed by atoms with Gasteiger partial charge in [-0.15, -0.1) is 0 Å². The summed E-state index contributed by atoms with van der Waals surface area (Å²) in [5.41, 5.74) is 5.69. The Hall–Kier alpha value is -2.90. The van der Waals surface area contributed by atoms with Crippen molar-refractivity contribution in [1.82, 2.24) is 15.1 Å². The number of aliphatic hydroxyl groups excluding tert-OH is 1. The molecule has 4 heterocycles. The number of aliphatic hydroxyl groups is 1. The molecular weight excluding hydrogens is 430 g/mol. The monoisotopic (exact) mass is 451 g/mol. The first-order valence-corrected chi connectivity index (χ1v) is 11.4. The second-order valence-corrected chi connectivity index (χ2v) is 8.88. The summed E-state index contributed by atoms with van der Waals surface area (Å²) in [6, 6.07) is 5.51. The second kappa shape index (κ2) is 7.60. The second-order valence-electron chi connectivity index (χ2n) is 8.44. The molecule has 0 saturated carbocycles. The Morgan fingerprint density at radius 3 is 2.94 bits per heavy atom. The minimum atomic E-state index is -0.694. The van der Waals surface area contributed by atoms with Crippen molar-refractivity contribution in [2.75, 3.05) is 0 Å².